The number of likely N-dealkylation sites (N-methyl/N-ethyl adjacent to an activating group) is 1. The number of ether oxygens (including phenoxy) is 1. The van der Waals surface area contributed by atoms with Crippen LogP contribution in [0.5, 0.6) is 5.75 Å². The molecule has 1 aliphatic rings. The number of amides is 3. The van der Waals surface area contributed by atoms with E-state index in [1.54, 1.807) is 42.3 Å². The molecule has 1 aliphatic heterocycles. The van der Waals surface area contributed by atoms with E-state index in [-0.39, 0.29) is 18.5 Å². The summed E-state index contributed by atoms with van der Waals surface area (Å²) in [7, 11) is 1.61. The number of rotatable bonds is 6. The molecule has 0 radical (unpaired) electrons. The molecule has 126 valence electrons. The molecule has 0 bridgehead atoms. The van der Waals surface area contributed by atoms with Crippen LogP contribution in [0.4, 0.5) is 10.5 Å². The summed E-state index contributed by atoms with van der Waals surface area (Å²) in [5, 5.41) is 2.77. The van der Waals surface area contributed by atoms with Gasteiger partial charge in [-0.3, -0.25) is 4.79 Å². The minimum Gasteiger partial charge on any atom is -0.479 e. The Labute approximate surface area is 142 Å². The van der Waals surface area contributed by atoms with Crippen LogP contribution < -0.4 is 10.1 Å². The van der Waals surface area contributed by atoms with E-state index < -0.39 is 6.04 Å². The maximum Gasteiger partial charge on any atom is 0.322 e. The fourth-order valence-corrected chi connectivity index (χ4v) is 2.58. The second kappa shape index (κ2) is 8.06. The van der Waals surface area contributed by atoms with Crippen molar-refractivity contribution in [3.8, 4) is 18.1 Å². The topological polar surface area (TPSA) is 61.9 Å². The second-order valence-electron chi connectivity index (χ2n) is 5.41. The Kier molecular flexibility index (Phi) is 5.85. The highest BCUT2D eigenvalue weighted by molar-refractivity contribution is 5.95. The van der Waals surface area contributed by atoms with Gasteiger partial charge in [0.2, 0.25) is 5.91 Å². The van der Waals surface area contributed by atoms with Crippen molar-refractivity contribution in [1.29, 1.82) is 0 Å². The minimum absolute atomic E-state index is 0.0654. The number of benzene rings is 1. The summed E-state index contributed by atoms with van der Waals surface area (Å²) >= 11 is 0. The predicted octanol–water partition coefficient (Wildman–Crippen LogP) is 1.95. The van der Waals surface area contributed by atoms with Gasteiger partial charge in [0.05, 0.1) is 5.69 Å². The van der Waals surface area contributed by atoms with E-state index in [9.17, 15) is 9.59 Å². The zero-order valence-corrected chi connectivity index (χ0v) is 13.7. The summed E-state index contributed by atoms with van der Waals surface area (Å²) in [4.78, 5) is 27.9. The number of para-hydroxylation sites is 2. The van der Waals surface area contributed by atoms with E-state index in [2.05, 4.69) is 17.8 Å². The second-order valence-corrected chi connectivity index (χ2v) is 5.41. The molecule has 1 atom stereocenters. The number of carbonyl (C=O) groups excluding carboxylic acids is 2. The van der Waals surface area contributed by atoms with E-state index in [1.807, 2.05) is 0 Å². The van der Waals surface area contributed by atoms with Crippen LogP contribution in [0.2, 0.25) is 0 Å². The van der Waals surface area contributed by atoms with Gasteiger partial charge in [0.15, 0.2) is 0 Å². The molecule has 1 fully saturated rings. The van der Waals surface area contributed by atoms with Gasteiger partial charge < -0.3 is 19.9 Å². The van der Waals surface area contributed by atoms with Gasteiger partial charge >= 0.3 is 6.03 Å². The molecule has 1 saturated heterocycles. The molecule has 1 heterocycles. The highest BCUT2D eigenvalue weighted by Gasteiger charge is 2.35. The summed E-state index contributed by atoms with van der Waals surface area (Å²) < 4.78 is 5.41. The van der Waals surface area contributed by atoms with Gasteiger partial charge in [0.1, 0.15) is 18.4 Å². The van der Waals surface area contributed by atoms with Crippen molar-refractivity contribution in [2.45, 2.75) is 12.5 Å². The van der Waals surface area contributed by atoms with Gasteiger partial charge in [-0.15, -0.1) is 13.0 Å². The molecule has 0 spiro atoms. The molecule has 1 aromatic carbocycles. The average molecular weight is 327 g/mol. The number of likely N-dealkylation sites (tertiary alicyclic amines) is 1. The van der Waals surface area contributed by atoms with Gasteiger partial charge in [-0.2, -0.15) is 0 Å². The highest BCUT2D eigenvalue weighted by atomic mass is 16.5. The molecule has 0 aromatic heterocycles. The highest BCUT2D eigenvalue weighted by Crippen LogP contribution is 2.25. The monoisotopic (exact) mass is 327 g/mol. The Balaban J connectivity index is 2.04. The van der Waals surface area contributed by atoms with Crippen LogP contribution >= 0.6 is 0 Å². The molecule has 2 rings (SSSR count). The molecule has 24 heavy (non-hydrogen) atoms. The van der Waals surface area contributed by atoms with Crippen LogP contribution in [0.1, 0.15) is 6.42 Å². The predicted molar refractivity (Wildman–Crippen MR) is 92.7 cm³/mol. The third-order valence-electron chi connectivity index (χ3n) is 3.85. The first-order chi connectivity index (χ1) is 11.6. The van der Waals surface area contributed by atoms with Crippen LogP contribution in [0.3, 0.4) is 0 Å². The molecule has 0 aliphatic carbocycles. The molecule has 1 N–H and O–H groups in total. The van der Waals surface area contributed by atoms with Crippen LogP contribution in [-0.2, 0) is 4.79 Å². The summed E-state index contributed by atoms with van der Waals surface area (Å²) in [5.74, 6) is 2.81. The van der Waals surface area contributed by atoms with Crippen LogP contribution in [-0.4, -0.2) is 54.5 Å². The number of hydrogen-bond acceptors (Lipinski definition) is 3. The third-order valence-corrected chi connectivity index (χ3v) is 3.85. The summed E-state index contributed by atoms with van der Waals surface area (Å²) in [6, 6.07) is 6.18. The Morgan fingerprint density at radius 2 is 2.33 bits per heavy atom. The lowest BCUT2D eigenvalue weighted by Gasteiger charge is -2.24. The fourth-order valence-electron chi connectivity index (χ4n) is 2.58. The van der Waals surface area contributed by atoms with Crippen LogP contribution in [0.15, 0.2) is 36.9 Å². The van der Waals surface area contributed by atoms with E-state index in [1.165, 1.54) is 4.90 Å². The van der Waals surface area contributed by atoms with E-state index in [4.69, 9.17) is 11.2 Å². The van der Waals surface area contributed by atoms with Crippen molar-refractivity contribution in [1.82, 2.24) is 9.80 Å². The van der Waals surface area contributed by atoms with Crippen molar-refractivity contribution in [2.75, 3.05) is 32.1 Å². The van der Waals surface area contributed by atoms with Crippen molar-refractivity contribution in [3.05, 3.63) is 36.9 Å². The standard InChI is InChI=1S/C18H21N3O3/c1-4-11-21-12-10-15(17(21)22)20(3)18(23)19-14-8-6-7-9-16(14)24-13-5-2/h2,4,6-9,15H,1,10-13H2,3H3,(H,19,23)/t15-/m0/s1. The van der Waals surface area contributed by atoms with Crippen molar-refractivity contribution >= 4 is 17.6 Å². The van der Waals surface area contributed by atoms with E-state index >= 15 is 0 Å². The molecular weight excluding hydrogens is 306 g/mol. The average Bonchev–Trinajstić information content (AvgIpc) is 2.94. The third kappa shape index (κ3) is 3.87. The van der Waals surface area contributed by atoms with Gasteiger partial charge in [-0.05, 0) is 18.6 Å². The number of terminal acetylenes is 1. The normalized spacial score (nSPS) is 16.4. The maximum atomic E-state index is 12.5. The van der Waals surface area contributed by atoms with Crippen molar-refractivity contribution in [3.63, 3.8) is 0 Å². The first-order valence-corrected chi connectivity index (χ1v) is 7.67. The maximum absolute atomic E-state index is 12.5. The summed E-state index contributed by atoms with van der Waals surface area (Å²) in [5.41, 5.74) is 0.512. The minimum atomic E-state index is -0.469. The number of nitrogens with zero attached hydrogens (tertiary/aromatic N) is 2. The number of urea groups is 1. The lowest BCUT2D eigenvalue weighted by molar-refractivity contribution is -0.130. The molecule has 0 saturated carbocycles. The SMILES string of the molecule is C#CCOc1ccccc1NC(=O)N(C)[C@H]1CCN(CC=C)C1=O. The molecule has 1 aromatic rings. The largest absolute Gasteiger partial charge is 0.479 e. The van der Waals surface area contributed by atoms with Crippen LogP contribution in [0.25, 0.3) is 0 Å². The number of hydrogen-bond donors (Lipinski definition) is 1. The molecular formula is C18H21N3O3. The van der Waals surface area contributed by atoms with E-state index in [0.717, 1.165) is 0 Å². The molecule has 3 amide bonds. The van der Waals surface area contributed by atoms with Crippen molar-refractivity contribution < 1.29 is 14.3 Å². The zero-order valence-electron chi connectivity index (χ0n) is 13.7. The van der Waals surface area contributed by atoms with Gasteiger partial charge in [0, 0.05) is 20.1 Å². The lowest BCUT2D eigenvalue weighted by atomic mass is 10.2. The van der Waals surface area contributed by atoms with Crippen LogP contribution in [0, 0.1) is 12.3 Å². The Morgan fingerprint density at radius 3 is 3.04 bits per heavy atom. The van der Waals surface area contributed by atoms with Crippen molar-refractivity contribution in [2.24, 2.45) is 0 Å². The summed E-state index contributed by atoms with van der Waals surface area (Å²) in [6.07, 6.45) is 7.47. The zero-order chi connectivity index (χ0) is 17.5. The first-order valence-electron chi connectivity index (χ1n) is 7.67. The smallest absolute Gasteiger partial charge is 0.322 e. The Hall–Kier alpha value is -2.94. The molecule has 6 heteroatoms. The fraction of sp³-hybridized carbons (Fsp3) is 0.333. The first kappa shape index (κ1) is 17.4. The summed E-state index contributed by atoms with van der Waals surface area (Å²) in [6.45, 7) is 4.86. The van der Waals surface area contributed by atoms with Gasteiger partial charge in [0.25, 0.3) is 0 Å². The lowest BCUT2D eigenvalue weighted by Crippen LogP contribution is -2.44. The number of nitrogens with one attached hydrogen (secondary N) is 1. The Bertz CT molecular complexity index is 666. The van der Waals surface area contributed by atoms with Gasteiger partial charge in [-0.25, -0.2) is 4.79 Å². The van der Waals surface area contributed by atoms with Gasteiger partial charge in [-0.1, -0.05) is 24.1 Å². The number of carbonyl (C=O) groups is 2. The molecule has 0 unspecified atom stereocenters. The quantitative estimate of drug-likeness (QED) is 0.642. The Morgan fingerprint density at radius 1 is 1.58 bits per heavy atom. The number of anilines is 1. The van der Waals surface area contributed by atoms with E-state index in [0.29, 0.717) is 30.9 Å². The molecule has 6 nitrogen and oxygen atoms in total.